The van der Waals surface area contributed by atoms with Gasteiger partial charge in [-0.05, 0) is 37.3 Å². The second-order valence-electron chi connectivity index (χ2n) is 7.58. The summed E-state index contributed by atoms with van der Waals surface area (Å²) in [5, 5.41) is 9.83. The van der Waals surface area contributed by atoms with E-state index in [1.54, 1.807) is 68.8 Å². The average Bonchev–Trinajstić information content (AvgIpc) is 2.87. The molecular formula is C27H24N2O6. The number of nitriles is 1. The van der Waals surface area contributed by atoms with Crippen LogP contribution in [0.1, 0.15) is 34.3 Å². The molecule has 3 aromatic carbocycles. The lowest BCUT2D eigenvalue weighted by atomic mass is 9.83. The first-order chi connectivity index (χ1) is 17.0. The summed E-state index contributed by atoms with van der Waals surface area (Å²) in [6.07, 6.45) is 0. The Bertz CT molecular complexity index is 1340. The number of benzene rings is 3. The normalized spacial score (nSPS) is 14.3. The van der Waals surface area contributed by atoms with E-state index in [0.717, 1.165) is 5.56 Å². The monoisotopic (exact) mass is 472 g/mol. The largest absolute Gasteiger partial charge is 0.497 e. The van der Waals surface area contributed by atoms with E-state index >= 15 is 0 Å². The zero-order valence-corrected chi connectivity index (χ0v) is 19.5. The number of esters is 1. The molecule has 0 radical (unpaired) electrons. The highest BCUT2D eigenvalue weighted by Crippen LogP contribution is 2.46. The smallest absolute Gasteiger partial charge is 0.343 e. The number of fused-ring (bicyclic) bond motifs is 1. The summed E-state index contributed by atoms with van der Waals surface area (Å²) in [5.41, 5.74) is 8.11. The third-order valence-corrected chi connectivity index (χ3v) is 5.53. The summed E-state index contributed by atoms with van der Waals surface area (Å²) < 4.78 is 27.6. The summed E-state index contributed by atoms with van der Waals surface area (Å²) in [4.78, 5) is 12.7. The molecule has 0 fully saturated rings. The van der Waals surface area contributed by atoms with Gasteiger partial charge in [0.05, 0.1) is 32.3 Å². The van der Waals surface area contributed by atoms with Crippen LogP contribution in [0.15, 0.2) is 72.1 Å². The van der Waals surface area contributed by atoms with Crippen molar-refractivity contribution in [2.75, 3.05) is 20.8 Å². The molecule has 1 heterocycles. The Morgan fingerprint density at radius 3 is 2.49 bits per heavy atom. The third kappa shape index (κ3) is 4.70. The zero-order valence-electron chi connectivity index (χ0n) is 19.5. The maximum absolute atomic E-state index is 12.7. The molecule has 2 N–H and O–H groups in total. The Labute approximate surface area is 203 Å². The first-order valence-electron chi connectivity index (χ1n) is 10.9. The number of ether oxygens (including phenoxy) is 5. The number of hydrogen-bond acceptors (Lipinski definition) is 8. The molecule has 0 aromatic heterocycles. The van der Waals surface area contributed by atoms with E-state index < -0.39 is 11.9 Å². The van der Waals surface area contributed by atoms with Crippen molar-refractivity contribution in [3.63, 3.8) is 0 Å². The fourth-order valence-corrected chi connectivity index (χ4v) is 3.92. The third-order valence-electron chi connectivity index (χ3n) is 5.53. The van der Waals surface area contributed by atoms with Gasteiger partial charge in [-0.25, -0.2) is 4.79 Å². The van der Waals surface area contributed by atoms with Gasteiger partial charge in [0.25, 0.3) is 0 Å². The number of methoxy groups -OCH3 is 2. The quantitative estimate of drug-likeness (QED) is 0.394. The van der Waals surface area contributed by atoms with Crippen molar-refractivity contribution in [3.05, 3.63) is 88.8 Å². The molecule has 35 heavy (non-hydrogen) atoms. The van der Waals surface area contributed by atoms with Crippen molar-refractivity contribution in [1.29, 1.82) is 5.26 Å². The SMILES string of the molecule is CCOc1cccc(C(=O)Oc2ccc3c(c2)OC(N)=C(C#N)C3c2ccc(OC)cc2OC)c1. The predicted octanol–water partition coefficient (Wildman–Crippen LogP) is 4.54. The van der Waals surface area contributed by atoms with Crippen LogP contribution in [0.4, 0.5) is 0 Å². The van der Waals surface area contributed by atoms with Crippen molar-refractivity contribution >= 4 is 5.97 Å². The molecule has 0 amide bonds. The first-order valence-corrected chi connectivity index (χ1v) is 10.9. The van der Waals surface area contributed by atoms with Crippen LogP contribution >= 0.6 is 0 Å². The molecule has 8 heteroatoms. The number of nitrogens with two attached hydrogens (primary N) is 1. The van der Waals surface area contributed by atoms with Crippen molar-refractivity contribution in [2.45, 2.75) is 12.8 Å². The Morgan fingerprint density at radius 2 is 1.77 bits per heavy atom. The molecule has 0 saturated heterocycles. The maximum Gasteiger partial charge on any atom is 0.343 e. The molecule has 178 valence electrons. The van der Waals surface area contributed by atoms with Gasteiger partial charge in [0, 0.05) is 23.3 Å². The summed E-state index contributed by atoms with van der Waals surface area (Å²) >= 11 is 0. The maximum atomic E-state index is 12.7. The van der Waals surface area contributed by atoms with E-state index in [2.05, 4.69) is 6.07 Å². The number of hydrogen-bond donors (Lipinski definition) is 1. The lowest BCUT2D eigenvalue weighted by Crippen LogP contribution is -2.21. The molecule has 1 unspecified atom stereocenters. The van der Waals surface area contributed by atoms with E-state index in [-0.39, 0.29) is 17.2 Å². The molecule has 4 rings (SSSR count). The Kier molecular flexibility index (Phi) is 6.78. The van der Waals surface area contributed by atoms with Crippen molar-refractivity contribution in [2.24, 2.45) is 5.73 Å². The van der Waals surface area contributed by atoms with Crippen molar-refractivity contribution in [3.8, 4) is 34.8 Å². The highest BCUT2D eigenvalue weighted by atomic mass is 16.5. The standard InChI is InChI=1S/C27H24N2O6/c1-4-33-18-7-5-6-16(12-18)27(30)34-19-9-11-21-24(14-19)35-26(29)22(15-28)25(21)20-10-8-17(31-2)13-23(20)32-3/h5-14,25H,4,29H2,1-3H3. The van der Waals surface area contributed by atoms with Gasteiger partial charge in [-0.15, -0.1) is 0 Å². The summed E-state index contributed by atoms with van der Waals surface area (Å²) in [6.45, 7) is 2.35. The van der Waals surface area contributed by atoms with Gasteiger partial charge in [-0.3, -0.25) is 0 Å². The molecular weight excluding hydrogens is 448 g/mol. The molecule has 8 nitrogen and oxygen atoms in total. The number of nitrogens with zero attached hydrogens (tertiary/aromatic N) is 1. The lowest BCUT2D eigenvalue weighted by molar-refractivity contribution is 0.0734. The van der Waals surface area contributed by atoms with E-state index in [1.807, 2.05) is 13.0 Å². The molecule has 0 spiro atoms. The minimum Gasteiger partial charge on any atom is -0.497 e. The fraction of sp³-hybridized carbons (Fsp3) is 0.185. The number of carbonyl (C=O) groups is 1. The summed E-state index contributed by atoms with van der Waals surface area (Å²) in [7, 11) is 3.10. The van der Waals surface area contributed by atoms with Crippen LogP contribution in [-0.4, -0.2) is 26.8 Å². The predicted molar refractivity (Wildman–Crippen MR) is 128 cm³/mol. The van der Waals surface area contributed by atoms with Gasteiger partial charge in [-0.2, -0.15) is 5.26 Å². The molecule has 0 saturated carbocycles. The zero-order chi connectivity index (χ0) is 24.9. The van der Waals surface area contributed by atoms with Gasteiger partial charge in [0.15, 0.2) is 0 Å². The van der Waals surface area contributed by atoms with Crippen LogP contribution in [0.2, 0.25) is 0 Å². The molecule has 1 atom stereocenters. The number of allylic oxidation sites excluding steroid dienone is 1. The number of carbonyl (C=O) groups excluding carboxylic acids is 1. The van der Waals surface area contributed by atoms with Gasteiger partial charge in [0.2, 0.25) is 5.88 Å². The van der Waals surface area contributed by atoms with Gasteiger partial charge in [0.1, 0.15) is 40.4 Å². The minimum absolute atomic E-state index is 0.0317. The molecule has 1 aliphatic heterocycles. The topological polar surface area (TPSA) is 113 Å². The van der Waals surface area contributed by atoms with E-state index in [9.17, 15) is 10.1 Å². The van der Waals surface area contributed by atoms with E-state index in [4.69, 9.17) is 29.4 Å². The lowest BCUT2D eigenvalue weighted by Gasteiger charge is -2.27. The molecule has 0 aliphatic carbocycles. The second kappa shape index (κ2) is 10.1. The summed E-state index contributed by atoms with van der Waals surface area (Å²) in [6, 6.07) is 19.2. The average molecular weight is 472 g/mol. The number of rotatable bonds is 7. The van der Waals surface area contributed by atoms with Crippen LogP contribution in [0.3, 0.4) is 0 Å². The van der Waals surface area contributed by atoms with Crippen LogP contribution in [0, 0.1) is 11.3 Å². The van der Waals surface area contributed by atoms with E-state index in [1.165, 1.54) is 0 Å². The Hall–Kier alpha value is -4.64. The summed E-state index contributed by atoms with van der Waals surface area (Å²) in [5.74, 6) is 1.25. The second-order valence-corrected chi connectivity index (χ2v) is 7.58. The molecule has 0 bridgehead atoms. The van der Waals surface area contributed by atoms with Crippen LogP contribution in [0.25, 0.3) is 0 Å². The van der Waals surface area contributed by atoms with Crippen LogP contribution in [0.5, 0.6) is 28.7 Å². The highest BCUT2D eigenvalue weighted by molar-refractivity contribution is 5.91. The van der Waals surface area contributed by atoms with Crippen LogP contribution in [-0.2, 0) is 0 Å². The molecule has 1 aliphatic rings. The molecule has 3 aromatic rings. The van der Waals surface area contributed by atoms with Crippen molar-refractivity contribution in [1.82, 2.24) is 0 Å². The minimum atomic E-state index is -0.545. The Balaban J connectivity index is 1.69. The first kappa shape index (κ1) is 23.5. The van der Waals surface area contributed by atoms with Crippen LogP contribution < -0.4 is 29.4 Å². The Morgan fingerprint density at radius 1 is 1.00 bits per heavy atom. The van der Waals surface area contributed by atoms with Gasteiger partial charge < -0.3 is 29.4 Å². The van der Waals surface area contributed by atoms with Gasteiger partial charge >= 0.3 is 5.97 Å². The van der Waals surface area contributed by atoms with E-state index in [0.29, 0.717) is 40.7 Å². The van der Waals surface area contributed by atoms with Gasteiger partial charge in [-0.1, -0.05) is 18.2 Å². The highest BCUT2D eigenvalue weighted by Gasteiger charge is 2.33. The fourth-order valence-electron chi connectivity index (χ4n) is 3.92. The van der Waals surface area contributed by atoms with Crippen molar-refractivity contribution < 1.29 is 28.5 Å².